The van der Waals surface area contributed by atoms with Gasteiger partial charge in [0.2, 0.25) is 0 Å². The molecule has 0 saturated carbocycles. The van der Waals surface area contributed by atoms with E-state index in [-0.39, 0.29) is 6.54 Å². The Morgan fingerprint density at radius 3 is 2.57 bits per heavy atom. The molecule has 0 spiro atoms. The van der Waals surface area contributed by atoms with Crippen LogP contribution in [0.25, 0.3) is 0 Å². The zero-order valence-electron chi connectivity index (χ0n) is 16.2. The number of ether oxygens (including phenoxy) is 3. The summed E-state index contributed by atoms with van der Waals surface area (Å²) in [5, 5.41) is 3.28. The molecule has 0 aliphatic carbocycles. The van der Waals surface area contributed by atoms with E-state index in [1.54, 1.807) is 31.4 Å². The lowest BCUT2D eigenvalue weighted by Crippen LogP contribution is -2.35. The number of hydrogen-bond donors (Lipinski definition) is 1. The lowest BCUT2D eigenvalue weighted by molar-refractivity contribution is -0.129. The summed E-state index contributed by atoms with van der Waals surface area (Å²) in [6.45, 7) is 4.51. The third-order valence-corrected chi connectivity index (χ3v) is 4.41. The van der Waals surface area contributed by atoms with E-state index in [9.17, 15) is 9.59 Å². The molecule has 0 radical (unpaired) electrons. The van der Waals surface area contributed by atoms with E-state index >= 15 is 0 Å². The standard InChI is InChI=1S/C21H24ClNO5/c1-4-27-13-17-11-15(9-10-19(17)26-3)21(25)28-14(2)20(24)23-12-16-7-5-6-8-18(16)22/h5-11,14H,4,12-13H2,1-3H3,(H,23,24)/t14-/m0/s1. The Labute approximate surface area is 169 Å². The van der Waals surface area contributed by atoms with Crippen molar-refractivity contribution in [3.05, 3.63) is 64.2 Å². The number of methoxy groups -OCH3 is 1. The predicted molar refractivity (Wildman–Crippen MR) is 107 cm³/mol. The number of rotatable bonds is 9. The largest absolute Gasteiger partial charge is 0.496 e. The minimum Gasteiger partial charge on any atom is -0.496 e. The third kappa shape index (κ3) is 5.97. The minimum absolute atomic E-state index is 0.251. The highest BCUT2D eigenvalue weighted by Gasteiger charge is 2.20. The van der Waals surface area contributed by atoms with Crippen LogP contribution in [0.5, 0.6) is 5.75 Å². The van der Waals surface area contributed by atoms with Gasteiger partial charge in [0, 0.05) is 23.7 Å². The summed E-state index contributed by atoms with van der Waals surface area (Å²) in [5.41, 5.74) is 1.84. The predicted octanol–water partition coefficient (Wildman–Crippen LogP) is 3.75. The molecule has 0 aliphatic heterocycles. The first-order chi connectivity index (χ1) is 13.5. The fraction of sp³-hybridized carbons (Fsp3) is 0.333. The second kappa shape index (κ2) is 10.7. The summed E-state index contributed by atoms with van der Waals surface area (Å²) < 4.78 is 16.0. The second-order valence-electron chi connectivity index (χ2n) is 6.02. The van der Waals surface area contributed by atoms with Crippen molar-refractivity contribution in [3.8, 4) is 5.75 Å². The fourth-order valence-electron chi connectivity index (χ4n) is 2.48. The van der Waals surface area contributed by atoms with Crippen molar-refractivity contribution < 1.29 is 23.8 Å². The van der Waals surface area contributed by atoms with Crippen LogP contribution in [0.4, 0.5) is 0 Å². The Morgan fingerprint density at radius 1 is 1.14 bits per heavy atom. The number of amides is 1. The summed E-state index contributed by atoms with van der Waals surface area (Å²) in [6, 6.07) is 12.1. The van der Waals surface area contributed by atoms with Crippen molar-refractivity contribution in [1.29, 1.82) is 0 Å². The number of halogens is 1. The Morgan fingerprint density at radius 2 is 1.89 bits per heavy atom. The van der Waals surface area contributed by atoms with Gasteiger partial charge in [-0.05, 0) is 43.7 Å². The summed E-state index contributed by atoms with van der Waals surface area (Å²) >= 11 is 6.07. The van der Waals surface area contributed by atoms with Gasteiger partial charge in [-0.3, -0.25) is 4.79 Å². The molecule has 2 aromatic rings. The molecule has 0 heterocycles. The normalized spacial score (nSPS) is 11.6. The van der Waals surface area contributed by atoms with Crippen LogP contribution in [-0.4, -0.2) is 31.7 Å². The molecule has 6 nitrogen and oxygen atoms in total. The Bertz CT molecular complexity index is 824. The van der Waals surface area contributed by atoms with Crippen LogP contribution in [0.2, 0.25) is 5.02 Å². The maximum atomic E-state index is 12.4. The highest BCUT2D eigenvalue weighted by atomic mass is 35.5. The molecule has 2 rings (SSSR count). The molecule has 1 amide bonds. The summed E-state index contributed by atoms with van der Waals surface area (Å²) in [5.74, 6) is -0.382. The molecule has 1 N–H and O–H groups in total. The molecule has 0 aromatic heterocycles. The van der Waals surface area contributed by atoms with Gasteiger partial charge in [-0.1, -0.05) is 29.8 Å². The first kappa shape index (κ1) is 21.7. The Balaban J connectivity index is 1.97. The van der Waals surface area contributed by atoms with E-state index in [1.165, 1.54) is 6.92 Å². The Hall–Kier alpha value is -2.57. The molecule has 28 heavy (non-hydrogen) atoms. The summed E-state index contributed by atoms with van der Waals surface area (Å²) in [4.78, 5) is 24.6. The molecule has 2 aromatic carbocycles. The van der Waals surface area contributed by atoms with E-state index in [0.717, 1.165) is 11.1 Å². The van der Waals surface area contributed by atoms with Gasteiger partial charge in [0.15, 0.2) is 6.10 Å². The lowest BCUT2D eigenvalue weighted by atomic mass is 10.1. The monoisotopic (exact) mass is 405 g/mol. The van der Waals surface area contributed by atoms with E-state index in [0.29, 0.717) is 29.5 Å². The van der Waals surface area contributed by atoms with Crippen LogP contribution < -0.4 is 10.1 Å². The number of carbonyl (C=O) groups is 2. The van der Waals surface area contributed by atoms with Crippen LogP contribution >= 0.6 is 11.6 Å². The molecule has 1 atom stereocenters. The molecular formula is C21H24ClNO5. The quantitative estimate of drug-likeness (QED) is 0.643. The minimum atomic E-state index is -0.951. The van der Waals surface area contributed by atoms with Crippen LogP contribution in [0.3, 0.4) is 0 Å². The van der Waals surface area contributed by atoms with E-state index in [4.69, 9.17) is 25.8 Å². The molecule has 0 unspecified atom stereocenters. The van der Waals surface area contributed by atoms with Gasteiger partial charge in [-0.15, -0.1) is 0 Å². The average molecular weight is 406 g/mol. The number of nitrogens with one attached hydrogen (secondary N) is 1. The maximum Gasteiger partial charge on any atom is 0.338 e. The van der Waals surface area contributed by atoms with Crippen LogP contribution in [0, 0.1) is 0 Å². The second-order valence-corrected chi connectivity index (χ2v) is 6.43. The van der Waals surface area contributed by atoms with Crippen LogP contribution in [0.15, 0.2) is 42.5 Å². The van der Waals surface area contributed by atoms with E-state index < -0.39 is 18.0 Å². The molecule has 0 aliphatic rings. The first-order valence-electron chi connectivity index (χ1n) is 8.93. The van der Waals surface area contributed by atoms with Crippen molar-refractivity contribution in [2.75, 3.05) is 13.7 Å². The van der Waals surface area contributed by atoms with Gasteiger partial charge in [0.25, 0.3) is 5.91 Å². The smallest absolute Gasteiger partial charge is 0.338 e. The van der Waals surface area contributed by atoms with E-state index in [1.807, 2.05) is 25.1 Å². The molecule has 7 heteroatoms. The van der Waals surface area contributed by atoms with Crippen molar-refractivity contribution in [3.63, 3.8) is 0 Å². The fourth-order valence-corrected chi connectivity index (χ4v) is 2.68. The first-order valence-corrected chi connectivity index (χ1v) is 9.30. The molecular weight excluding hydrogens is 382 g/mol. The molecule has 0 fully saturated rings. The number of carbonyl (C=O) groups excluding carboxylic acids is 2. The summed E-state index contributed by atoms with van der Waals surface area (Å²) in [7, 11) is 1.55. The van der Waals surface area contributed by atoms with E-state index in [2.05, 4.69) is 5.32 Å². The van der Waals surface area contributed by atoms with Crippen molar-refractivity contribution >= 4 is 23.5 Å². The van der Waals surface area contributed by atoms with Gasteiger partial charge < -0.3 is 19.5 Å². The number of benzene rings is 2. The van der Waals surface area contributed by atoms with Crippen LogP contribution in [0.1, 0.15) is 35.3 Å². The number of esters is 1. The molecule has 0 bridgehead atoms. The third-order valence-electron chi connectivity index (χ3n) is 4.04. The van der Waals surface area contributed by atoms with Gasteiger partial charge in [-0.25, -0.2) is 4.79 Å². The molecule has 150 valence electrons. The van der Waals surface area contributed by atoms with Gasteiger partial charge in [-0.2, -0.15) is 0 Å². The maximum absolute atomic E-state index is 12.4. The topological polar surface area (TPSA) is 73.9 Å². The Kier molecular flexibility index (Phi) is 8.29. The van der Waals surface area contributed by atoms with Crippen molar-refractivity contribution in [2.45, 2.75) is 33.1 Å². The van der Waals surface area contributed by atoms with Gasteiger partial charge in [0.1, 0.15) is 5.75 Å². The highest BCUT2D eigenvalue weighted by Crippen LogP contribution is 2.21. The lowest BCUT2D eigenvalue weighted by Gasteiger charge is -2.15. The highest BCUT2D eigenvalue weighted by molar-refractivity contribution is 6.31. The van der Waals surface area contributed by atoms with Crippen LogP contribution in [-0.2, 0) is 27.4 Å². The van der Waals surface area contributed by atoms with Gasteiger partial charge >= 0.3 is 5.97 Å². The zero-order valence-corrected chi connectivity index (χ0v) is 16.9. The van der Waals surface area contributed by atoms with Gasteiger partial charge in [0.05, 0.1) is 19.3 Å². The van der Waals surface area contributed by atoms with Crippen molar-refractivity contribution in [2.24, 2.45) is 0 Å². The summed E-state index contributed by atoms with van der Waals surface area (Å²) in [6.07, 6.45) is -0.951. The zero-order chi connectivity index (χ0) is 20.5. The number of hydrogen-bond acceptors (Lipinski definition) is 5. The molecule has 0 saturated heterocycles. The average Bonchev–Trinajstić information content (AvgIpc) is 2.70. The van der Waals surface area contributed by atoms with Crippen molar-refractivity contribution in [1.82, 2.24) is 5.32 Å². The SMILES string of the molecule is CCOCc1cc(C(=O)O[C@@H](C)C(=O)NCc2ccccc2Cl)ccc1OC.